The highest BCUT2D eigenvalue weighted by molar-refractivity contribution is 6.04. The number of benzene rings is 1. The Morgan fingerprint density at radius 1 is 1.35 bits per heavy atom. The van der Waals surface area contributed by atoms with Crippen LogP contribution in [0.15, 0.2) is 24.3 Å². The molecule has 1 aliphatic rings. The molecule has 1 N–H and O–H groups in total. The first-order valence-electron chi connectivity index (χ1n) is 5.45. The quantitative estimate of drug-likeness (QED) is 0.802. The van der Waals surface area contributed by atoms with Crippen LogP contribution < -0.4 is 10.1 Å². The largest absolute Gasteiger partial charge is 0.494 e. The van der Waals surface area contributed by atoms with Gasteiger partial charge in [0.15, 0.2) is 0 Å². The number of likely N-dealkylation sites (N-methyl/N-ethyl adjacent to an activating group) is 1. The lowest BCUT2D eigenvalue weighted by Crippen LogP contribution is -2.25. The van der Waals surface area contributed by atoms with Crippen LogP contribution in [-0.4, -0.2) is 30.5 Å². The molecule has 1 unspecified atom stereocenters. The van der Waals surface area contributed by atoms with Crippen LogP contribution in [0.1, 0.15) is 18.5 Å². The van der Waals surface area contributed by atoms with E-state index in [2.05, 4.69) is 5.32 Å². The zero-order valence-electron chi connectivity index (χ0n) is 9.77. The maximum atomic E-state index is 11.9. The SMILES string of the molecule is CCOc1ccccc1C1NC(=O)N(C)C1=O. The van der Waals surface area contributed by atoms with Gasteiger partial charge in [-0.15, -0.1) is 0 Å². The third-order valence-corrected chi connectivity index (χ3v) is 2.68. The van der Waals surface area contributed by atoms with Gasteiger partial charge in [-0.25, -0.2) is 4.79 Å². The van der Waals surface area contributed by atoms with Crippen LogP contribution in [0.4, 0.5) is 4.79 Å². The number of ether oxygens (including phenoxy) is 1. The summed E-state index contributed by atoms with van der Waals surface area (Å²) in [4.78, 5) is 24.3. The summed E-state index contributed by atoms with van der Waals surface area (Å²) >= 11 is 0. The summed E-state index contributed by atoms with van der Waals surface area (Å²) in [6.45, 7) is 2.39. The molecule has 3 amide bonds. The van der Waals surface area contributed by atoms with Crippen molar-refractivity contribution in [2.75, 3.05) is 13.7 Å². The summed E-state index contributed by atoms with van der Waals surface area (Å²) < 4.78 is 5.45. The van der Waals surface area contributed by atoms with Crippen LogP contribution in [0.5, 0.6) is 5.75 Å². The van der Waals surface area contributed by atoms with Gasteiger partial charge in [-0.05, 0) is 13.0 Å². The molecule has 1 aromatic carbocycles. The van der Waals surface area contributed by atoms with Crippen molar-refractivity contribution in [2.45, 2.75) is 13.0 Å². The minimum absolute atomic E-state index is 0.262. The Labute approximate surface area is 99.4 Å². The van der Waals surface area contributed by atoms with Gasteiger partial charge in [0.25, 0.3) is 5.91 Å². The van der Waals surface area contributed by atoms with Crippen LogP contribution in [0.3, 0.4) is 0 Å². The Kier molecular flexibility index (Phi) is 2.99. The fourth-order valence-corrected chi connectivity index (χ4v) is 1.79. The lowest BCUT2D eigenvalue weighted by atomic mass is 10.1. The van der Waals surface area contributed by atoms with Crippen LogP contribution in [0.2, 0.25) is 0 Å². The van der Waals surface area contributed by atoms with Crippen LogP contribution in [-0.2, 0) is 4.79 Å². The Hall–Kier alpha value is -2.04. The molecule has 2 rings (SSSR count). The molecule has 17 heavy (non-hydrogen) atoms. The smallest absolute Gasteiger partial charge is 0.324 e. The van der Waals surface area contributed by atoms with Gasteiger partial charge in [-0.1, -0.05) is 18.2 Å². The fourth-order valence-electron chi connectivity index (χ4n) is 1.79. The number of urea groups is 1. The lowest BCUT2D eigenvalue weighted by Gasteiger charge is -2.13. The molecule has 1 aromatic rings. The number of nitrogens with zero attached hydrogens (tertiary/aromatic N) is 1. The van der Waals surface area contributed by atoms with E-state index < -0.39 is 6.04 Å². The number of nitrogens with one attached hydrogen (secondary N) is 1. The Balaban J connectivity index is 2.34. The molecule has 5 nitrogen and oxygen atoms in total. The number of rotatable bonds is 3. The van der Waals surface area contributed by atoms with Crippen molar-refractivity contribution in [3.05, 3.63) is 29.8 Å². The Morgan fingerprint density at radius 2 is 2.06 bits per heavy atom. The van der Waals surface area contributed by atoms with E-state index in [0.29, 0.717) is 17.9 Å². The highest BCUT2D eigenvalue weighted by Crippen LogP contribution is 2.28. The van der Waals surface area contributed by atoms with E-state index in [4.69, 9.17) is 4.74 Å². The molecule has 1 heterocycles. The van der Waals surface area contributed by atoms with Gasteiger partial charge in [-0.3, -0.25) is 9.69 Å². The van der Waals surface area contributed by atoms with Crippen molar-refractivity contribution >= 4 is 11.9 Å². The molecule has 90 valence electrons. The molecule has 1 saturated heterocycles. The van der Waals surface area contributed by atoms with Crippen molar-refractivity contribution in [3.8, 4) is 5.75 Å². The normalized spacial score (nSPS) is 19.4. The first-order chi connectivity index (χ1) is 8.15. The molecule has 1 atom stereocenters. The van der Waals surface area contributed by atoms with Gasteiger partial charge in [0, 0.05) is 12.6 Å². The lowest BCUT2D eigenvalue weighted by molar-refractivity contribution is -0.126. The monoisotopic (exact) mass is 234 g/mol. The maximum absolute atomic E-state index is 11.9. The average molecular weight is 234 g/mol. The second-order valence-electron chi connectivity index (χ2n) is 3.75. The number of imide groups is 1. The van der Waals surface area contributed by atoms with Gasteiger partial charge in [-0.2, -0.15) is 0 Å². The van der Waals surface area contributed by atoms with Crippen LogP contribution in [0.25, 0.3) is 0 Å². The number of carbonyl (C=O) groups excluding carboxylic acids is 2. The van der Waals surface area contributed by atoms with E-state index in [0.717, 1.165) is 4.90 Å². The zero-order chi connectivity index (χ0) is 12.4. The molecule has 0 bridgehead atoms. The molecular formula is C12H14N2O3. The molecular weight excluding hydrogens is 220 g/mol. The second-order valence-corrected chi connectivity index (χ2v) is 3.75. The van der Waals surface area contributed by atoms with Crippen molar-refractivity contribution in [2.24, 2.45) is 0 Å². The van der Waals surface area contributed by atoms with Gasteiger partial charge >= 0.3 is 6.03 Å². The molecule has 0 spiro atoms. The molecule has 1 aliphatic heterocycles. The van der Waals surface area contributed by atoms with Crippen LogP contribution in [0, 0.1) is 0 Å². The summed E-state index contributed by atoms with van der Waals surface area (Å²) in [5.74, 6) is 0.367. The molecule has 0 aliphatic carbocycles. The fraction of sp³-hybridized carbons (Fsp3) is 0.333. The minimum atomic E-state index is -0.643. The number of para-hydroxylation sites is 1. The molecule has 5 heteroatoms. The molecule has 1 fully saturated rings. The number of hydrogen-bond acceptors (Lipinski definition) is 3. The highest BCUT2D eigenvalue weighted by Gasteiger charge is 2.37. The Morgan fingerprint density at radius 3 is 2.65 bits per heavy atom. The predicted molar refractivity (Wildman–Crippen MR) is 61.7 cm³/mol. The van der Waals surface area contributed by atoms with Gasteiger partial charge in [0.05, 0.1) is 6.61 Å². The minimum Gasteiger partial charge on any atom is -0.494 e. The first kappa shape index (κ1) is 11.4. The molecule has 0 saturated carbocycles. The second kappa shape index (κ2) is 4.45. The van der Waals surface area contributed by atoms with E-state index >= 15 is 0 Å². The summed E-state index contributed by atoms with van der Waals surface area (Å²) in [6.07, 6.45) is 0. The summed E-state index contributed by atoms with van der Waals surface area (Å²) in [7, 11) is 1.46. The van der Waals surface area contributed by atoms with Gasteiger partial charge in [0.2, 0.25) is 0 Å². The molecule has 0 radical (unpaired) electrons. The summed E-state index contributed by atoms with van der Waals surface area (Å²) in [6, 6.07) is 6.19. The maximum Gasteiger partial charge on any atom is 0.324 e. The van der Waals surface area contributed by atoms with Gasteiger partial charge < -0.3 is 10.1 Å². The Bertz CT molecular complexity index is 459. The first-order valence-corrected chi connectivity index (χ1v) is 5.45. The highest BCUT2D eigenvalue weighted by atomic mass is 16.5. The zero-order valence-corrected chi connectivity index (χ0v) is 9.77. The van der Waals surface area contributed by atoms with Crippen LogP contribution >= 0.6 is 0 Å². The topological polar surface area (TPSA) is 58.6 Å². The van der Waals surface area contributed by atoms with Gasteiger partial charge in [0.1, 0.15) is 11.8 Å². The van der Waals surface area contributed by atoms with Crippen molar-refractivity contribution in [3.63, 3.8) is 0 Å². The van der Waals surface area contributed by atoms with E-state index in [1.54, 1.807) is 12.1 Å². The van der Waals surface area contributed by atoms with E-state index in [1.165, 1.54) is 7.05 Å². The third-order valence-electron chi connectivity index (χ3n) is 2.68. The molecule has 0 aromatic heterocycles. The number of amides is 3. The summed E-state index contributed by atoms with van der Waals surface area (Å²) in [5.41, 5.74) is 0.692. The number of hydrogen-bond donors (Lipinski definition) is 1. The van der Waals surface area contributed by atoms with Crippen molar-refractivity contribution < 1.29 is 14.3 Å². The van der Waals surface area contributed by atoms with Crippen molar-refractivity contribution in [1.29, 1.82) is 0 Å². The van der Waals surface area contributed by atoms with E-state index in [-0.39, 0.29) is 11.9 Å². The predicted octanol–water partition coefficient (Wildman–Crippen LogP) is 1.31. The van der Waals surface area contributed by atoms with E-state index in [9.17, 15) is 9.59 Å². The van der Waals surface area contributed by atoms with E-state index in [1.807, 2.05) is 19.1 Å². The third kappa shape index (κ3) is 1.95. The average Bonchev–Trinajstić information content (AvgIpc) is 2.58. The standard InChI is InChI=1S/C12H14N2O3/c1-3-17-9-7-5-4-6-8(9)10-11(15)14(2)12(16)13-10/h4-7,10H,3H2,1-2H3,(H,13,16). The number of carbonyl (C=O) groups is 2. The summed E-state index contributed by atoms with van der Waals surface area (Å²) in [5, 5.41) is 2.63. The van der Waals surface area contributed by atoms with Crippen molar-refractivity contribution in [1.82, 2.24) is 10.2 Å².